The van der Waals surface area contributed by atoms with Gasteiger partial charge in [0.2, 0.25) is 0 Å². The number of ketones is 1. The van der Waals surface area contributed by atoms with Crippen molar-refractivity contribution in [1.82, 2.24) is 0 Å². The number of hydrogen-bond donors (Lipinski definition) is 0. The van der Waals surface area contributed by atoms with Gasteiger partial charge in [0.1, 0.15) is 5.82 Å². The lowest BCUT2D eigenvalue weighted by atomic mass is 9.82. The van der Waals surface area contributed by atoms with E-state index in [0.717, 1.165) is 43.4 Å². The summed E-state index contributed by atoms with van der Waals surface area (Å²) < 4.78 is 20.4. The van der Waals surface area contributed by atoms with E-state index in [1.807, 2.05) is 31.2 Å². The Hall–Kier alpha value is -2.00. The van der Waals surface area contributed by atoms with E-state index in [4.69, 9.17) is 4.74 Å². The second kappa shape index (κ2) is 7.92. The van der Waals surface area contributed by atoms with E-state index in [0.29, 0.717) is 23.1 Å². The molecule has 0 N–H and O–H groups in total. The van der Waals surface area contributed by atoms with Crippen molar-refractivity contribution in [2.75, 3.05) is 6.61 Å². The molecule has 1 saturated carbocycles. The summed E-state index contributed by atoms with van der Waals surface area (Å²) in [6.45, 7) is 4.33. The topological polar surface area (TPSA) is 26.3 Å². The summed E-state index contributed by atoms with van der Waals surface area (Å²) in [6.07, 6.45) is 4.57. The third-order valence-corrected chi connectivity index (χ3v) is 5.14. The van der Waals surface area contributed by atoms with Crippen molar-refractivity contribution in [1.29, 1.82) is 0 Å². The molecule has 25 heavy (non-hydrogen) atoms. The fourth-order valence-corrected chi connectivity index (χ4v) is 3.70. The number of ether oxygens (including phenoxy) is 1. The summed E-state index contributed by atoms with van der Waals surface area (Å²) in [5.41, 5.74) is 3.11. The normalized spacial score (nSPS) is 20.4. The number of carbonyl (C=O) groups excluding carboxylic acids is 1. The fourth-order valence-electron chi connectivity index (χ4n) is 3.70. The Labute approximate surface area is 149 Å². The molecule has 0 heterocycles. The minimum Gasteiger partial charge on any atom is -0.379 e. The number of benzene rings is 2. The summed E-state index contributed by atoms with van der Waals surface area (Å²) >= 11 is 0. The van der Waals surface area contributed by atoms with Crippen LogP contribution < -0.4 is 0 Å². The molecule has 0 radical (unpaired) electrons. The van der Waals surface area contributed by atoms with E-state index in [1.165, 1.54) is 6.92 Å². The maximum atomic E-state index is 14.7. The third kappa shape index (κ3) is 4.16. The van der Waals surface area contributed by atoms with Gasteiger partial charge in [-0.3, -0.25) is 4.79 Å². The van der Waals surface area contributed by atoms with Crippen LogP contribution in [0.5, 0.6) is 0 Å². The Kier molecular flexibility index (Phi) is 5.64. The molecule has 0 bridgehead atoms. The fraction of sp³-hybridized carbons (Fsp3) is 0.409. The van der Waals surface area contributed by atoms with Crippen LogP contribution in [0.2, 0.25) is 0 Å². The number of Topliss-reactive ketones (excluding diaryl/α,β-unsaturated/α-hetero) is 1. The van der Waals surface area contributed by atoms with Crippen LogP contribution in [0.3, 0.4) is 0 Å². The van der Waals surface area contributed by atoms with Gasteiger partial charge >= 0.3 is 0 Å². The van der Waals surface area contributed by atoms with Crippen molar-refractivity contribution in [3.63, 3.8) is 0 Å². The van der Waals surface area contributed by atoms with E-state index in [9.17, 15) is 9.18 Å². The lowest BCUT2D eigenvalue weighted by molar-refractivity contribution is 0.0328. The molecule has 1 aliphatic carbocycles. The predicted octanol–water partition coefficient (Wildman–Crippen LogP) is 5.76. The van der Waals surface area contributed by atoms with Crippen molar-refractivity contribution in [3.05, 3.63) is 59.4 Å². The molecule has 1 fully saturated rings. The van der Waals surface area contributed by atoms with Gasteiger partial charge in [0, 0.05) is 17.7 Å². The molecule has 2 aromatic carbocycles. The van der Waals surface area contributed by atoms with Gasteiger partial charge in [-0.1, -0.05) is 36.4 Å². The monoisotopic (exact) mass is 340 g/mol. The van der Waals surface area contributed by atoms with E-state index in [2.05, 4.69) is 0 Å². The largest absolute Gasteiger partial charge is 0.379 e. The predicted molar refractivity (Wildman–Crippen MR) is 98.5 cm³/mol. The smallest absolute Gasteiger partial charge is 0.159 e. The van der Waals surface area contributed by atoms with Crippen LogP contribution in [0.1, 0.15) is 61.4 Å². The number of hydrogen-bond acceptors (Lipinski definition) is 2. The van der Waals surface area contributed by atoms with E-state index >= 15 is 0 Å². The molecule has 1 aliphatic rings. The lowest BCUT2D eigenvalue weighted by Crippen LogP contribution is -2.20. The van der Waals surface area contributed by atoms with Crippen LogP contribution in [0.4, 0.5) is 4.39 Å². The summed E-state index contributed by atoms with van der Waals surface area (Å²) in [7, 11) is 0. The highest BCUT2D eigenvalue weighted by molar-refractivity contribution is 5.94. The lowest BCUT2D eigenvalue weighted by Gasteiger charge is -2.28. The van der Waals surface area contributed by atoms with Gasteiger partial charge in [0.15, 0.2) is 5.78 Å². The zero-order valence-corrected chi connectivity index (χ0v) is 14.9. The Morgan fingerprint density at radius 2 is 1.76 bits per heavy atom. The van der Waals surface area contributed by atoms with Gasteiger partial charge in [0.25, 0.3) is 0 Å². The van der Waals surface area contributed by atoms with Gasteiger partial charge in [0.05, 0.1) is 6.10 Å². The third-order valence-electron chi connectivity index (χ3n) is 5.14. The van der Waals surface area contributed by atoms with E-state index in [1.54, 1.807) is 18.2 Å². The van der Waals surface area contributed by atoms with Crippen LogP contribution in [-0.4, -0.2) is 18.5 Å². The standard InChI is InChI=1S/C22H25FO2/c1-3-25-20-11-8-17(9-12-20)19-10-13-21(22(23)14-19)18-6-4-16(5-7-18)15(2)24/h4-7,10,13-14,17,20H,3,8-9,11-12H2,1-2H3/t17-,20-. The molecule has 0 aliphatic heterocycles. The first-order valence-corrected chi connectivity index (χ1v) is 9.11. The molecule has 0 amide bonds. The number of rotatable bonds is 5. The van der Waals surface area contributed by atoms with Crippen LogP contribution in [0.15, 0.2) is 42.5 Å². The van der Waals surface area contributed by atoms with Gasteiger partial charge in [-0.2, -0.15) is 0 Å². The average Bonchev–Trinajstić information content (AvgIpc) is 2.63. The molecular formula is C22H25FO2. The summed E-state index contributed by atoms with van der Waals surface area (Å²) in [5, 5.41) is 0. The first-order chi connectivity index (χ1) is 12.1. The molecule has 2 nitrogen and oxygen atoms in total. The van der Waals surface area contributed by atoms with Gasteiger partial charge < -0.3 is 4.74 Å². The highest BCUT2D eigenvalue weighted by Gasteiger charge is 2.23. The second-order valence-corrected chi connectivity index (χ2v) is 6.80. The van der Waals surface area contributed by atoms with Crippen molar-refractivity contribution in [3.8, 4) is 11.1 Å². The van der Waals surface area contributed by atoms with Crippen LogP contribution in [-0.2, 0) is 4.74 Å². The van der Waals surface area contributed by atoms with Crippen molar-refractivity contribution < 1.29 is 13.9 Å². The van der Waals surface area contributed by atoms with Crippen LogP contribution in [0, 0.1) is 5.82 Å². The molecule has 3 rings (SSSR count). The van der Waals surface area contributed by atoms with Crippen molar-refractivity contribution in [2.24, 2.45) is 0 Å². The Morgan fingerprint density at radius 1 is 1.08 bits per heavy atom. The molecule has 0 atom stereocenters. The highest BCUT2D eigenvalue weighted by atomic mass is 19.1. The van der Waals surface area contributed by atoms with E-state index in [-0.39, 0.29) is 11.6 Å². The highest BCUT2D eigenvalue weighted by Crippen LogP contribution is 2.35. The van der Waals surface area contributed by atoms with Crippen molar-refractivity contribution in [2.45, 2.75) is 51.6 Å². The molecule has 132 valence electrons. The number of halogens is 1. The first kappa shape index (κ1) is 17.8. The summed E-state index contributed by atoms with van der Waals surface area (Å²) in [4.78, 5) is 11.4. The van der Waals surface area contributed by atoms with Crippen LogP contribution >= 0.6 is 0 Å². The maximum Gasteiger partial charge on any atom is 0.159 e. The second-order valence-electron chi connectivity index (χ2n) is 6.80. The Morgan fingerprint density at radius 3 is 2.32 bits per heavy atom. The van der Waals surface area contributed by atoms with Gasteiger partial charge in [-0.25, -0.2) is 4.39 Å². The van der Waals surface area contributed by atoms with Gasteiger partial charge in [-0.05, 0) is 62.6 Å². The molecule has 3 heteroatoms. The molecule has 0 saturated heterocycles. The van der Waals surface area contributed by atoms with Crippen molar-refractivity contribution >= 4 is 5.78 Å². The number of carbonyl (C=O) groups is 1. The Balaban J connectivity index is 1.74. The zero-order chi connectivity index (χ0) is 17.8. The van der Waals surface area contributed by atoms with E-state index < -0.39 is 0 Å². The first-order valence-electron chi connectivity index (χ1n) is 9.11. The SMILES string of the molecule is CCO[C@H]1CC[C@H](c2ccc(-c3ccc(C(C)=O)cc3)c(F)c2)CC1. The molecule has 2 aromatic rings. The van der Waals surface area contributed by atoms with Gasteiger partial charge in [-0.15, -0.1) is 0 Å². The summed E-state index contributed by atoms with van der Waals surface area (Å²) in [5.74, 6) is 0.241. The summed E-state index contributed by atoms with van der Waals surface area (Å²) in [6, 6.07) is 12.7. The quantitative estimate of drug-likeness (QED) is 0.647. The molecule has 0 aromatic heterocycles. The molecule has 0 unspecified atom stereocenters. The zero-order valence-electron chi connectivity index (χ0n) is 14.9. The molecule has 0 spiro atoms. The minimum absolute atomic E-state index is 0.0185. The molecular weight excluding hydrogens is 315 g/mol. The minimum atomic E-state index is -0.194. The van der Waals surface area contributed by atoms with Crippen LogP contribution in [0.25, 0.3) is 11.1 Å². The average molecular weight is 340 g/mol. The maximum absolute atomic E-state index is 14.7. The Bertz CT molecular complexity index is 728.